The van der Waals surface area contributed by atoms with Gasteiger partial charge >= 0.3 is 6.80 Å². The highest BCUT2D eigenvalue weighted by Gasteiger charge is 2.53. The predicted molar refractivity (Wildman–Crippen MR) is 293 cm³/mol. The molecule has 0 aliphatic carbocycles. The number of nitrogens with zero attached hydrogens (tertiary/aromatic N) is 12. The van der Waals surface area contributed by atoms with Crippen LogP contribution in [0.2, 0.25) is 0 Å². The molecule has 3 aromatic carbocycles. The van der Waals surface area contributed by atoms with Crippen LogP contribution in [0.1, 0.15) is 66.4 Å². The van der Waals surface area contributed by atoms with Gasteiger partial charge in [-0.2, -0.15) is 0 Å². The molecule has 12 bridgehead atoms. The van der Waals surface area contributed by atoms with Crippen molar-refractivity contribution < 1.29 is 56.0 Å². The van der Waals surface area contributed by atoms with E-state index < -0.39 is 87.7 Å². The number of fused-ring (bicyclic) bond motifs is 6. The Bertz CT molecular complexity index is 3440. The molecule has 80 heavy (non-hydrogen) atoms. The number of benzene rings is 3. The Kier molecular flexibility index (Phi) is 17.2. The molecule has 1 N–H and O–H groups in total. The van der Waals surface area contributed by atoms with Gasteiger partial charge in [0.25, 0.3) is 17.5 Å². The number of nitro benzene ring substituents is 1. The van der Waals surface area contributed by atoms with Gasteiger partial charge < -0.3 is 19.1 Å². The predicted octanol–water partition coefficient (Wildman–Crippen LogP) is 8.79. The van der Waals surface area contributed by atoms with E-state index in [1.54, 1.807) is 78.9 Å². The van der Waals surface area contributed by atoms with Crippen molar-refractivity contribution in [1.82, 2.24) is 43.7 Å². The summed E-state index contributed by atoms with van der Waals surface area (Å²) in [4.78, 5) is 70.3. The highest BCUT2D eigenvalue weighted by Crippen LogP contribution is 2.64. The summed E-state index contributed by atoms with van der Waals surface area (Å²) in [5.74, 6) is -1.27. The normalized spacial score (nSPS) is 25.5. The summed E-state index contributed by atoms with van der Waals surface area (Å²) < 4.78 is 86.2. The Balaban J connectivity index is 1.10. The first-order chi connectivity index (χ1) is 38.5. The fraction of sp³-hybridized carbons (Fsp3) is 0.385. The fourth-order valence-corrected chi connectivity index (χ4v) is 15.1. The third kappa shape index (κ3) is 11.5. The van der Waals surface area contributed by atoms with Gasteiger partial charge in [0.1, 0.15) is 45.4 Å². The third-order valence-electron chi connectivity index (χ3n) is 13.6. The summed E-state index contributed by atoms with van der Waals surface area (Å²) in [6, 6.07) is 22.7. The van der Waals surface area contributed by atoms with Gasteiger partial charge in [0.2, 0.25) is 0 Å². The van der Waals surface area contributed by atoms with Crippen LogP contribution < -0.4 is 9.80 Å². The van der Waals surface area contributed by atoms with E-state index in [2.05, 4.69) is 34.6 Å². The van der Waals surface area contributed by atoms with Gasteiger partial charge in [-0.05, 0) is 70.0 Å². The molecule has 0 spiro atoms. The van der Waals surface area contributed by atoms with Crippen LogP contribution in [-0.2, 0) is 33.4 Å². The highest BCUT2D eigenvalue weighted by atomic mass is 32.7. The van der Waals surface area contributed by atoms with Crippen molar-refractivity contribution in [2.45, 2.75) is 94.7 Å². The molecule has 2 amide bonds. The molecule has 28 heteroatoms. The molecule has 2 unspecified atom stereocenters. The number of rotatable bonds is 12. The lowest BCUT2D eigenvalue weighted by atomic mass is 10.1. The molecular weight excluding hydrogens is 1100 g/mol. The number of aromatic nitrogens is 8. The molecule has 23 nitrogen and oxygen atoms in total. The Morgan fingerprint density at radius 1 is 0.800 bits per heavy atom. The monoisotopic (exact) mass is 1160 g/mol. The van der Waals surface area contributed by atoms with Crippen LogP contribution in [0.4, 0.5) is 26.1 Å². The molecular formula is C52H56F2N12O11P2S. The minimum absolute atomic E-state index is 0.0141. The number of hydrogen-bond acceptors (Lipinski definition) is 19. The molecule has 2 fully saturated rings. The number of aliphatic hydroxyl groups is 1. The van der Waals surface area contributed by atoms with Crippen molar-refractivity contribution in [2.24, 2.45) is 0 Å². The number of aliphatic hydroxyl groups excluding tert-OH is 1. The average molecular weight is 1160 g/mol. The van der Waals surface area contributed by atoms with Crippen LogP contribution in [0.25, 0.3) is 22.3 Å². The molecule has 7 aromatic rings. The Hall–Kier alpha value is -6.57. The van der Waals surface area contributed by atoms with E-state index in [0.29, 0.717) is 22.5 Å². The Morgan fingerprint density at radius 3 is 1.86 bits per heavy atom. The van der Waals surface area contributed by atoms with E-state index in [9.17, 15) is 24.8 Å². The molecule has 0 radical (unpaired) electrons. The van der Waals surface area contributed by atoms with Gasteiger partial charge in [0.05, 0.1) is 30.8 Å². The highest BCUT2D eigenvalue weighted by molar-refractivity contribution is 8.54. The average Bonchev–Trinajstić information content (AvgIpc) is 4.25. The maximum absolute atomic E-state index is 17.9. The van der Waals surface area contributed by atoms with Crippen LogP contribution in [0.5, 0.6) is 0 Å². The van der Waals surface area contributed by atoms with Crippen LogP contribution >= 0.6 is 26.5 Å². The number of nitro groups is 1. The zero-order valence-corrected chi connectivity index (χ0v) is 46.4. The van der Waals surface area contributed by atoms with E-state index in [0.717, 1.165) is 6.33 Å². The standard InChI is InChI=1S/C52H56F2N12O11P2S/c1-31(2)65(32(3)4)78(5)73-24-38-44-40(54)52(76-38)64-30-60-42-46(56-28-58-48(42)64)62(50(69)34-18-10-7-11-19-34)23-15-14-22-61(49(68)33-16-8-6-9-17-33)45-41-47(57-27-55-45)63(29-59-41)51-39(53)43(67)37(75-51)25-74-79(72,77-44)80-26-35-20-12-13-21-36(35)66(70)71/h6-21,27-32,37-40,43-44,51-52,67H,22-26H2,1-5H3/b15-14+/t37-,38-,39-,40-,43-,44-,51?,52-,78?,79+/m1/s1. The molecule has 10 rings (SSSR count). The molecule has 3 aliphatic rings. The summed E-state index contributed by atoms with van der Waals surface area (Å²) >= 11 is 0.506. The number of alkyl halides is 2. The van der Waals surface area contributed by atoms with Crippen molar-refractivity contribution in [1.29, 1.82) is 0 Å². The molecule has 7 heterocycles. The summed E-state index contributed by atoms with van der Waals surface area (Å²) in [5, 5.41) is 23.6. The van der Waals surface area contributed by atoms with E-state index in [-0.39, 0.29) is 82.7 Å². The Labute approximate surface area is 462 Å². The molecule has 10 atom stereocenters. The summed E-state index contributed by atoms with van der Waals surface area (Å²) in [7, 11) is -1.34. The smallest absolute Gasteiger partial charge is 0.387 e. The van der Waals surface area contributed by atoms with E-state index in [1.165, 1.54) is 56.1 Å². The topological polar surface area (TPSA) is 258 Å². The number of carbonyl (C=O) groups is 2. The number of ether oxygens (including phenoxy) is 2. The van der Waals surface area contributed by atoms with Crippen molar-refractivity contribution in [2.75, 3.05) is 42.8 Å². The number of para-hydroxylation sites is 1. The lowest BCUT2D eigenvalue weighted by Gasteiger charge is -2.35. The van der Waals surface area contributed by atoms with Crippen LogP contribution in [0.3, 0.4) is 0 Å². The second-order valence-electron chi connectivity index (χ2n) is 19.4. The fourth-order valence-electron chi connectivity index (χ4n) is 9.92. The minimum atomic E-state index is -4.82. The van der Waals surface area contributed by atoms with Crippen LogP contribution in [0.15, 0.2) is 122 Å². The van der Waals surface area contributed by atoms with Gasteiger partial charge in [-0.3, -0.25) is 52.4 Å². The first-order valence-electron chi connectivity index (χ1n) is 25.5. The molecule has 2 saturated heterocycles. The van der Waals surface area contributed by atoms with Crippen molar-refractivity contribution in [3.8, 4) is 0 Å². The van der Waals surface area contributed by atoms with Gasteiger partial charge in [-0.25, -0.2) is 43.2 Å². The maximum Gasteiger partial charge on any atom is 0.390 e. The van der Waals surface area contributed by atoms with Crippen molar-refractivity contribution in [3.63, 3.8) is 0 Å². The molecule has 0 saturated carbocycles. The second-order valence-corrected chi connectivity index (χ2v) is 25.1. The minimum Gasteiger partial charge on any atom is -0.387 e. The number of anilines is 2. The number of halogens is 2. The Morgan fingerprint density at radius 2 is 1.32 bits per heavy atom. The van der Waals surface area contributed by atoms with Gasteiger partial charge in [0.15, 0.2) is 58.8 Å². The maximum atomic E-state index is 17.9. The summed E-state index contributed by atoms with van der Waals surface area (Å²) in [6.07, 6.45) is -5.96. The van der Waals surface area contributed by atoms with E-state index in [4.69, 9.17) is 23.0 Å². The zero-order chi connectivity index (χ0) is 56.4. The van der Waals surface area contributed by atoms with E-state index in [1.807, 2.05) is 34.4 Å². The number of amides is 2. The first-order valence-corrected chi connectivity index (χ1v) is 30.3. The summed E-state index contributed by atoms with van der Waals surface area (Å²) in [5.41, 5.74) is 0.593. The van der Waals surface area contributed by atoms with Crippen LogP contribution in [-0.4, -0.2) is 147 Å². The molecule has 3 aliphatic heterocycles. The first kappa shape index (κ1) is 56.7. The largest absolute Gasteiger partial charge is 0.390 e. The third-order valence-corrected chi connectivity index (χ3v) is 19.3. The number of imidazole rings is 2. The zero-order valence-electron chi connectivity index (χ0n) is 43.8. The van der Waals surface area contributed by atoms with Crippen molar-refractivity contribution >= 4 is 77.9 Å². The lowest BCUT2D eigenvalue weighted by Crippen LogP contribution is -2.36. The summed E-state index contributed by atoms with van der Waals surface area (Å²) in [6.45, 7) is 3.77. The van der Waals surface area contributed by atoms with E-state index >= 15 is 13.3 Å². The molecule has 420 valence electrons. The lowest BCUT2D eigenvalue weighted by molar-refractivity contribution is -0.385. The quantitative estimate of drug-likeness (QED) is 0.0519. The van der Waals surface area contributed by atoms with Gasteiger partial charge in [0, 0.05) is 53.7 Å². The van der Waals surface area contributed by atoms with Crippen molar-refractivity contribution in [3.05, 3.63) is 149 Å². The van der Waals surface area contributed by atoms with Gasteiger partial charge in [-0.15, -0.1) is 0 Å². The second kappa shape index (κ2) is 24.3. The number of hydrogen-bond donors (Lipinski definition) is 1. The number of carbonyl (C=O) groups excluding carboxylic acids is 2. The van der Waals surface area contributed by atoms with Crippen LogP contribution in [0, 0.1) is 10.1 Å². The molecule has 4 aromatic heterocycles. The SMILES string of the molecule is CC(C)N(C(C)C)P(C)OC[C@H]1O[C@@H]2[C@H](F)[C@@H]1O[P@@](=O)(SCc1ccccc1[N+](=O)[O-])OC[C@H]1OC([C@H](F)[C@@H]1O)n1cnc3c(ncnc31)N(C(=O)c1ccccc1)C/C=C/CN(C(=O)c1ccccc1)c1ncnc3c1ncn32. The van der Waals surface area contributed by atoms with Gasteiger partial charge in [-0.1, -0.05) is 66.7 Å².